The molecule has 0 saturated heterocycles. The van der Waals surface area contributed by atoms with E-state index in [0.29, 0.717) is 0 Å². The summed E-state index contributed by atoms with van der Waals surface area (Å²) in [6, 6.07) is -2.38. The maximum Gasteiger partial charge on any atom is 0.353 e. The highest BCUT2D eigenvalue weighted by Gasteiger charge is 2.31. The Kier molecular flexibility index (Phi) is 3.17. The molecule has 14 heavy (non-hydrogen) atoms. The lowest BCUT2D eigenvalue weighted by Crippen LogP contribution is -2.25. The van der Waals surface area contributed by atoms with Crippen molar-refractivity contribution in [1.29, 1.82) is 0 Å². The zero-order valence-corrected chi connectivity index (χ0v) is 9.65. The fourth-order valence-corrected chi connectivity index (χ4v) is 1.59. The highest BCUT2D eigenvalue weighted by atomic mass is 79.9. The number of nitrogens with zero attached hydrogens (tertiary/aromatic N) is 2. The van der Waals surface area contributed by atoms with Gasteiger partial charge in [0, 0.05) is 16.9 Å². The first-order valence-electron chi connectivity index (χ1n) is 3.22. The monoisotopic (exact) mass is 308 g/mol. The molecule has 0 atom stereocenters. The van der Waals surface area contributed by atoms with Crippen molar-refractivity contribution < 1.29 is 17.2 Å². The van der Waals surface area contributed by atoms with Gasteiger partial charge in [-0.15, -0.1) is 0 Å². The van der Waals surface area contributed by atoms with Crippen molar-refractivity contribution in [3.05, 3.63) is 12.3 Å². The SMILES string of the molecule is O=S(=O)(Cl)c1ccn(C(F)(F)CBr)n1. The van der Waals surface area contributed by atoms with Crippen LogP contribution in [-0.4, -0.2) is 23.5 Å². The van der Waals surface area contributed by atoms with Gasteiger partial charge in [-0.25, -0.2) is 13.1 Å². The van der Waals surface area contributed by atoms with Crippen molar-refractivity contribution in [2.24, 2.45) is 0 Å². The van der Waals surface area contributed by atoms with E-state index in [0.717, 1.165) is 12.3 Å². The van der Waals surface area contributed by atoms with Crippen LogP contribution in [0.15, 0.2) is 17.3 Å². The zero-order valence-electron chi connectivity index (χ0n) is 6.49. The molecule has 0 spiro atoms. The van der Waals surface area contributed by atoms with Crippen molar-refractivity contribution in [1.82, 2.24) is 9.78 Å². The second kappa shape index (κ2) is 3.74. The van der Waals surface area contributed by atoms with Crippen molar-refractivity contribution in [3.8, 4) is 0 Å². The molecule has 0 bridgehead atoms. The van der Waals surface area contributed by atoms with Gasteiger partial charge < -0.3 is 0 Å². The van der Waals surface area contributed by atoms with E-state index in [1.165, 1.54) is 0 Å². The third-order valence-corrected chi connectivity index (χ3v) is 3.18. The van der Waals surface area contributed by atoms with Crippen LogP contribution in [0, 0.1) is 0 Å². The fraction of sp³-hybridized carbons (Fsp3) is 0.400. The maximum atomic E-state index is 12.9. The van der Waals surface area contributed by atoms with Gasteiger partial charge >= 0.3 is 6.05 Å². The minimum atomic E-state index is -4.06. The van der Waals surface area contributed by atoms with Crippen LogP contribution >= 0.6 is 26.6 Å². The molecule has 80 valence electrons. The molecule has 0 aromatic carbocycles. The molecule has 0 saturated carbocycles. The van der Waals surface area contributed by atoms with E-state index in [1.54, 1.807) is 0 Å². The molecule has 0 amide bonds. The van der Waals surface area contributed by atoms with Gasteiger partial charge in [0.25, 0.3) is 9.05 Å². The van der Waals surface area contributed by atoms with Crippen LogP contribution in [0.5, 0.6) is 0 Å². The van der Waals surface area contributed by atoms with Crippen LogP contribution in [0.25, 0.3) is 0 Å². The van der Waals surface area contributed by atoms with Crippen molar-refractivity contribution >= 4 is 35.7 Å². The minimum absolute atomic E-state index is 0.233. The third-order valence-electron chi connectivity index (χ3n) is 1.31. The average molecular weight is 310 g/mol. The molecule has 0 aliphatic carbocycles. The Hall–Kier alpha value is -0.210. The summed E-state index contributed by atoms with van der Waals surface area (Å²) >= 11 is 2.57. The molecule has 0 aliphatic heterocycles. The van der Waals surface area contributed by atoms with Gasteiger partial charge in [0.2, 0.25) is 0 Å². The molecule has 0 fully saturated rings. The second-order valence-electron chi connectivity index (χ2n) is 2.34. The number of halogens is 4. The molecule has 4 nitrogen and oxygen atoms in total. The smallest absolute Gasteiger partial charge is 0.207 e. The van der Waals surface area contributed by atoms with Crippen LogP contribution in [0.3, 0.4) is 0 Å². The topological polar surface area (TPSA) is 52.0 Å². The Balaban J connectivity index is 3.13. The number of alkyl halides is 3. The highest BCUT2D eigenvalue weighted by Crippen LogP contribution is 2.23. The Bertz CT molecular complexity index is 433. The van der Waals surface area contributed by atoms with Crippen LogP contribution in [0.2, 0.25) is 0 Å². The van der Waals surface area contributed by atoms with Gasteiger partial charge in [-0.2, -0.15) is 13.9 Å². The van der Waals surface area contributed by atoms with Crippen LogP contribution in [0.4, 0.5) is 8.78 Å². The normalized spacial score (nSPS) is 13.1. The average Bonchev–Trinajstić information content (AvgIpc) is 2.51. The van der Waals surface area contributed by atoms with E-state index < -0.39 is 25.5 Å². The maximum absolute atomic E-state index is 12.9. The van der Waals surface area contributed by atoms with Crippen LogP contribution < -0.4 is 0 Å². The molecular formula is C5H4BrClF2N2O2S. The van der Waals surface area contributed by atoms with Gasteiger partial charge in [0.15, 0.2) is 5.03 Å². The Morgan fingerprint density at radius 3 is 2.57 bits per heavy atom. The largest absolute Gasteiger partial charge is 0.353 e. The molecule has 0 radical (unpaired) electrons. The van der Waals surface area contributed by atoms with Gasteiger partial charge in [-0.1, -0.05) is 15.9 Å². The fourth-order valence-electron chi connectivity index (χ4n) is 0.681. The van der Waals surface area contributed by atoms with Crippen molar-refractivity contribution in [2.75, 3.05) is 5.33 Å². The summed E-state index contributed by atoms with van der Waals surface area (Å²) in [5, 5.41) is 1.88. The molecule has 9 heteroatoms. The highest BCUT2D eigenvalue weighted by molar-refractivity contribution is 9.09. The number of hydrogen-bond acceptors (Lipinski definition) is 3. The Labute approximate surface area is 91.4 Å². The van der Waals surface area contributed by atoms with Gasteiger partial charge in [-0.3, -0.25) is 0 Å². The molecule has 0 N–H and O–H groups in total. The predicted octanol–water partition coefficient (Wildman–Crippen LogP) is 1.75. The summed E-state index contributed by atoms with van der Waals surface area (Å²) in [6.07, 6.45) is 0.844. The first kappa shape index (κ1) is 11.9. The summed E-state index contributed by atoms with van der Waals surface area (Å²) in [4.78, 5) is 0. The summed E-state index contributed by atoms with van der Waals surface area (Å²) in [5.74, 6) is 0. The van der Waals surface area contributed by atoms with Crippen molar-refractivity contribution in [3.63, 3.8) is 0 Å². The lowest BCUT2D eigenvalue weighted by Gasteiger charge is -2.12. The Morgan fingerprint density at radius 2 is 2.21 bits per heavy atom. The van der Waals surface area contributed by atoms with Crippen LogP contribution in [-0.2, 0) is 15.1 Å². The lowest BCUT2D eigenvalue weighted by molar-refractivity contribution is -0.0665. The zero-order chi connectivity index (χ0) is 11.0. The second-order valence-corrected chi connectivity index (χ2v) is 5.41. The molecule has 0 unspecified atom stereocenters. The van der Waals surface area contributed by atoms with Gasteiger partial charge in [0.1, 0.15) is 0 Å². The lowest BCUT2D eigenvalue weighted by atomic mass is 10.6. The summed E-state index contributed by atoms with van der Waals surface area (Å²) in [5.41, 5.74) is 0. The molecular weight excluding hydrogens is 305 g/mol. The first-order chi connectivity index (χ1) is 6.27. The van der Waals surface area contributed by atoms with Crippen molar-refractivity contribution in [2.45, 2.75) is 11.1 Å². The van der Waals surface area contributed by atoms with E-state index in [-0.39, 0.29) is 4.68 Å². The number of aromatic nitrogens is 2. The summed E-state index contributed by atoms with van der Waals surface area (Å²) in [7, 11) is 0.846. The molecule has 1 rings (SSSR count). The first-order valence-corrected chi connectivity index (χ1v) is 6.65. The Morgan fingerprint density at radius 1 is 1.64 bits per heavy atom. The standard InChI is InChI=1S/C5H4BrClF2N2O2S/c6-3-5(8,9)11-2-1-4(10-11)14(7,12)13/h1-2H,3H2. The third kappa shape index (κ3) is 2.43. The molecule has 1 aromatic rings. The van der Waals surface area contributed by atoms with Gasteiger partial charge in [-0.05, 0) is 6.07 Å². The molecule has 1 aromatic heterocycles. The quantitative estimate of drug-likeness (QED) is 0.631. The van der Waals surface area contributed by atoms with Gasteiger partial charge in [0.05, 0.1) is 5.33 Å². The number of hydrogen-bond donors (Lipinski definition) is 0. The summed E-state index contributed by atoms with van der Waals surface area (Å²) in [6.45, 7) is 0. The van der Waals surface area contributed by atoms with Crippen LogP contribution in [0.1, 0.15) is 0 Å². The minimum Gasteiger partial charge on any atom is -0.207 e. The molecule has 0 aliphatic rings. The van der Waals surface area contributed by atoms with E-state index in [9.17, 15) is 17.2 Å². The van der Waals surface area contributed by atoms with E-state index in [1.807, 2.05) is 0 Å². The molecule has 1 heterocycles. The van der Waals surface area contributed by atoms with E-state index >= 15 is 0 Å². The van der Waals surface area contributed by atoms with E-state index in [4.69, 9.17) is 10.7 Å². The summed E-state index contributed by atoms with van der Waals surface area (Å²) < 4.78 is 47.4. The number of rotatable bonds is 3. The predicted molar refractivity (Wildman–Crippen MR) is 49.2 cm³/mol. The van der Waals surface area contributed by atoms with E-state index in [2.05, 4.69) is 21.0 Å².